The first kappa shape index (κ1) is 8.28. The molecule has 12 heavy (non-hydrogen) atoms. The molecule has 1 rings (SSSR count). The highest BCUT2D eigenvalue weighted by Gasteiger charge is 1.89. The van der Waals surface area contributed by atoms with Crippen LogP contribution in [0.25, 0.3) is 0 Å². The van der Waals surface area contributed by atoms with Crippen molar-refractivity contribution in [2.24, 2.45) is 0 Å². The van der Waals surface area contributed by atoms with Crippen LogP contribution in [-0.2, 0) is 4.79 Å². The molecule has 0 bridgehead atoms. The van der Waals surface area contributed by atoms with Gasteiger partial charge in [0.15, 0.2) is 0 Å². The largest absolute Gasteiger partial charge is 0.472 e. The standard InChI is InChI=1S/C9H7NO2/c1-7-4-8(6-10-5-7)2-3-9(11)12/h4-6H,1H3,(H,11,12). The second-order valence-corrected chi connectivity index (χ2v) is 2.31. The molecule has 1 heterocycles. The van der Waals surface area contributed by atoms with Gasteiger partial charge in [0.25, 0.3) is 0 Å². The van der Waals surface area contributed by atoms with E-state index in [1.807, 2.05) is 12.8 Å². The smallest absolute Gasteiger partial charge is 0.382 e. The highest BCUT2D eigenvalue weighted by atomic mass is 16.4. The van der Waals surface area contributed by atoms with Crippen molar-refractivity contribution in [3.8, 4) is 11.8 Å². The molecule has 3 heteroatoms. The van der Waals surface area contributed by atoms with Crippen molar-refractivity contribution in [3.63, 3.8) is 0 Å². The quantitative estimate of drug-likeness (QED) is 0.573. The lowest BCUT2D eigenvalue weighted by molar-refractivity contribution is -0.130. The molecule has 0 aliphatic heterocycles. The van der Waals surface area contributed by atoms with E-state index in [1.165, 1.54) is 6.20 Å². The predicted octanol–water partition coefficient (Wildman–Crippen LogP) is 0.826. The van der Waals surface area contributed by atoms with Crippen LogP contribution in [0.15, 0.2) is 18.5 Å². The predicted molar refractivity (Wildman–Crippen MR) is 43.5 cm³/mol. The number of aromatic nitrogens is 1. The zero-order valence-electron chi connectivity index (χ0n) is 6.53. The Kier molecular flexibility index (Phi) is 2.44. The van der Waals surface area contributed by atoms with Crippen LogP contribution >= 0.6 is 0 Å². The monoisotopic (exact) mass is 161 g/mol. The van der Waals surface area contributed by atoms with Crippen LogP contribution < -0.4 is 0 Å². The molecule has 0 atom stereocenters. The summed E-state index contributed by atoms with van der Waals surface area (Å²) in [5.41, 5.74) is 1.59. The fraction of sp³-hybridized carbons (Fsp3) is 0.111. The molecular weight excluding hydrogens is 154 g/mol. The van der Waals surface area contributed by atoms with Crippen LogP contribution in [0.2, 0.25) is 0 Å². The van der Waals surface area contributed by atoms with Crippen molar-refractivity contribution in [2.75, 3.05) is 0 Å². The third kappa shape index (κ3) is 2.43. The van der Waals surface area contributed by atoms with Gasteiger partial charge in [0.2, 0.25) is 0 Å². The summed E-state index contributed by atoms with van der Waals surface area (Å²) in [6, 6.07) is 1.78. The minimum Gasteiger partial charge on any atom is -0.472 e. The van der Waals surface area contributed by atoms with E-state index in [0.717, 1.165) is 5.56 Å². The van der Waals surface area contributed by atoms with Crippen LogP contribution in [0, 0.1) is 18.8 Å². The minimum absolute atomic E-state index is 0.623. The zero-order valence-corrected chi connectivity index (χ0v) is 6.53. The lowest BCUT2D eigenvalue weighted by atomic mass is 10.2. The van der Waals surface area contributed by atoms with Gasteiger partial charge in [0, 0.05) is 23.9 Å². The van der Waals surface area contributed by atoms with Gasteiger partial charge in [-0.25, -0.2) is 4.79 Å². The number of carboxylic acid groups (broad SMARTS) is 1. The number of aryl methyl sites for hydroxylation is 1. The third-order valence-corrected chi connectivity index (χ3v) is 1.19. The lowest BCUT2D eigenvalue weighted by Gasteiger charge is -1.90. The van der Waals surface area contributed by atoms with Crippen LogP contribution in [0.1, 0.15) is 11.1 Å². The van der Waals surface area contributed by atoms with Gasteiger partial charge in [0.05, 0.1) is 0 Å². The molecule has 1 aromatic rings. The van der Waals surface area contributed by atoms with E-state index in [9.17, 15) is 4.79 Å². The molecule has 0 aromatic carbocycles. The van der Waals surface area contributed by atoms with E-state index in [4.69, 9.17) is 5.11 Å². The maximum absolute atomic E-state index is 10.1. The Bertz CT molecular complexity index is 360. The third-order valence-electron chi connectivity index (χ3n) is 1.19. The summed E-state index contributed by atoms with van der Waals surface area (Å²) in [5, 5.41) is 8.25. The number of rotatable bonds is 0. The first-order valence-corrected chi connectivity index (χ1v) is 3.35. The summed E-state index contributed by atoms with van der Waals surface area (Å²) in [6.07, 6.45) is 3.22. The number of hydrogen-bond acceptors (Lipinski definition) is 2. The van der Waals surface area contributed by atoms with Crippen LogP contribution in [0.5, 0.6) is 0 Å². The molecule has 1 N–H and O–H groups in total. The number of nitrogens with zero attached hydrogens (tertiary/aromatic N) is 1. The molecule has 0 unspecified atom stereocenters. The lowest BCUT2D eigenvalue weighted by Crippen LogP contribution is -1.87. The second kappa shape index (κ2) is 3.54. The number of carbonyl (C=O) groups is 1. The molecule has 0 saturated heterocycles. The molecule has 0 spiro atoms. The molecule has 0 amide bonds. The van der Waals surface area contributed by atoms with Crippen molar-refractivity contribution in [3.05, 3.63) is 29.6 Å². The Morgan fingerprint density at radius 2 is 2.33 bits per heavy atom. The number of hydrogen-bond donors (Lipinski definition) is 1. The molecular formula is C9H7NO2. The number of carboxylic acids is 1. The highest BCUT2D eigenvalue weighted by molar-refractivity contribution is 5.87. The van der Waals surface area contributed by atoms with Crippen molar-refractivity contribution >= 4 is 5.97 Å². The van der Waals surface area contributed by atoms with Crippen LogP contribution in [-0.4, -0.2) is 16.1 Å². The summed E-state index contributed by atoms with van der Waals surface area (Å²) in [4.78, 5) is 13.9. The Labute approximate surface area is 70.1 Å². The first-order chi connectivity index (χ1) is 5.68. The normalized spacial score (nSPS) is 8.42. The van der Waals surface area contributed by atoms with E-state index in [0.29, 0.717) is 5.56 Å². The maximum atomic E-state index is 10.1. The van der Waals surface area contributed by atoms with Gasteiger partial charge >= 0.3 is 5.97 Å². The fourth-order valence-corrected chi connectivity index (χ4v) is 0.749. The van der Waals surface area contributed by atoms with Crippen molar-refractivity contribution in [2.45, 2.75) is 6.92 Å². The Hall–Kier alpha value is -1.82. The van der Waals surface area contributed by atoms with Gasteiger partial charge in [0.1, 0.15) is 0 Å². The van der Waals surface area contributed by atoms with Gasteiger partial charge in [-0.2, -0.15) is 0 Å². The first-order valence-electron chi connectivity index (χ1n) is 3.35. The SMILES string of the molecule is Cc1cncc(C#CC(=O)O)c1. The summed E-state index contributed by atoms with van der Waals surface area (Å²) in [5.74, 6) is 3.36. The zero-order chi connectivity index (χ0) is 8.97. The van der Waals surface area contributed by atoms with E-state index in [-0.39, 0.29) is 0 Å². The molecule has 0 aliphatic rings. The van der Waals surface area contributed by atoms with Gasteiger partial charge in [-0.3, -0.25) is 4.98 Å². The van der Waals surface area contributed by atoms with E-state index >= 15 is 0 Å². The second-order valence-electron chi connectivity index (χ2n) is 2.31. The molecule has 60 valence electrons. The van der Waals surface area contributed by atoms with E-state index in [1.54, 1.807) is 12.3 Å². The average molecular weight is 161 g/mol. The van der Waals surface area contributed by atoms with Gasteiger partial charge in [-0.15, -0.1) is 0 Å². The highest BCUT2D eigenvalue weighted by Crippen LogP contribution is 1.98. The number of aliphatic carboxylic acids is 1. The summed E-state index contributed by atoms with van der Waals surface area (Å²) >= 11 is 0. The van der Waals surface area contributed by atoms with Crippen LogP contribution in [0.3, 0.4) is 0 Å². The topological polar surface area (TPSA) is 50.2 Å². The van der Waals surface area contributed by atoms with E-state index < -0.39 is 5.97 Å². The van der Waals surface area contributed by atoms with Crippen molar-refractivity contribution in [1.29, 1.82) is 0 Å². The van der Waals surface area contributed by atoms with E-state index in [2.05, 4.69) is 10.9 Å². The maximum Gasteiger partial charge on any atom is 0.382 e. The summed E-state index contributed by atoms with van der Waals surface area (Å²) in [7, 11) is 0. The Morgan fingerprint density at radius 1 is 1.58 bits per heavy atom. The fourth-order valence-electron chi connectivity index (χ4n) is 0.749. The molecule has 3 nitrogen and oxygen atoms in total. The molecule has 0 aliphatic carbocycles. The molecule has 0 fully saturated rings. The molecule has 1 aromatic heterocycles. The summed E-state index contributed by atoms with van der Waals surface area (Å²) < 4.78 is 0. The molecule has 0 saturated carbocycles. The molecule has 0 radical (unpaired) electrons. The number of pyridine rings is 1. The van der Waals surface area contributed by atoms with Gasteiger partial charge in [-0.1, -0.05) is 5.92 Å². The average Bonchev–Trinajstić information content (AvgIpc) is 2.01. The van der Waals surface area contributed by atoms with Gasteiger partial charge in [-0.05, 0) is 18.6 Å². The summed E-state index contributed by atoms with van der Waals surface area (Å²) in [6.45, 7) is 1.87. The van der Waals surface area contributed by atoms with Gasteiger partial charge < -0.3 is 5.11 Å². The van der Waals surface area contributed by atoms with Crippen molar-refractivity contribution < 1.29 is 9.90 Å². The minimum atomic E-state index is -1.13. The Morgan fingerprint density at radius 3 is 2.92 bits per heavy atom. The van der Waals surface area contributed by atoms with Crippen molar-refractivity contribution in [1.82, 2.24) is 4.98 Å². The Balaban J connectivity index is 2.92. The van der Waals surface area contributed by atoms with Crippen LogP contribution in [0.4, 0.5) is 0 Å².